The summed E-state index contributed by atoms with van der Waals surface area (Å²) in [6.07, 6.45) is 8.11. The van der Waals surface area contributed by atoms with Crippen LogP contribution in [0.1, 0.15) is 52.4 Å². The molecule has 1 saturated carbocycles. The summed E-state index contributed by atoms with van der Waals surface area (Å²) in [6, 6.07) is 0.477. The van der Waals surface area contributed by atoms with Crippen molar-refractivity contribution >= 4 is 0 Å². The van der Waals surface area contributed by atoms with Gasteiger partial charge in [-0.3, -0.25) is 0 Å². The molecule has 1 unspecified atom stereocenters. The first kappa shape index (κ1) is 10.0. The molecule has 72 valence electrons. The van der Waals surface area contributed by atoms with Crippen LogP contribution in [-0.2, 0) is 0 Å². The normalized spacial score (nSPS) is 21.0. The topological polar surface area (TPSA) is 26.0 Å². The highest BCUT2D eigenvalue weighted by molar-refractivity contribution is 4.78. The molecule has 2 N–H and O–H groups in total. The molecule has 1 aliphatic carbocycles. The van der Waals surface area contributed by atoms with Crippen molar-refractivity contribution in [1.82, 2.24) is 0 Å². The molecule has 0 aromatic heterocycles. The van der Waals surface area contributed by atoms with Crippen LogP contribution in [0.15, 0.2) is 0 Å². The van der Waals surface area contributed by atoms with Gasteiger partial charge in [-0.05, 0) is 18.3 Å². The monoisotopic (exact) mass is 169 g/mol. The largest absolute Gasteiger partial charge is 0.327 e. The van der Waals surface area contributed by atoms with Crippen LogP contribution in [0.2, 0.25) is 0 Å². The maximum atomic E-state index is 6.15. The lowest BCUT2D eigenvalue weighted by Crippen LogP contribution is -2.33. The zero-order chi connectivity index (χ0) is 8.97. The molecule has 1 atom stereocenters. The third-order valence-electron chi connectivity index (χ3n) is 3.48. The Morgan fingerprint density at radius 1 is 1.25 bits per heavy atom. The molecule has 12 heavy (non-hydrogen) atoms. The average Bonchev–Trinajstić information content (AvgIpc) is 1.99. The molecule has 1 fully saturated rings. The molecule has 0 heterocycles. The van der Waals surface area contributed by atoms with E-state index in [0.29, 0.717) is 6.04 Å². The van der Waals surface area contributed by atoms with E-state index < -0.39 is 0 Å². The van der Waals surface area contributed by atoms with Gasteiger partial charge in [0, 0.05) is 6.04 Å². The third kappa shape index (κ3) is 2.48. The first-order valence-electron chi connectivity index (χ1n) is 5.53. The molecular weight excluding hydrogens is 146 g/mol. The second kappa shape index (κ2) is 4.86. The summed E-state index contributed by atoms with van der Waals surface area (Å²) in [4.78, 5) is 0. The second-order valence-corrected chi connectivity index (χ2v) is 4.27. The van der Waals surface area contributed by atoms with Gasteiger partial charge in [0.1, 0.15) is 0 Å². The lowest BCUT2D eigenvalue weighted by molar-refractivity contribution is 0.240. The van der Waals surface area contributed by atoms with Crippen LogP contribution in [0.5, 0.6) is 0 Å². The van der Waals surface area contributed by atoms with Crippen molar-refractivity contribution in [3.63, 3.8) is 0 Å². The maximum Gasteiger partial charge on any atom is 0.00695 e. The highest BCUT2D eigenvalue weighted by Gasteiger charge is 2.23. The Balaban J connectivity index is 2.19. The predicted molar refractivity (Wildman–Crippen MR) is 54.0 cm³/mol. The van der Waals surface area contributed by atoms with Crippen LogP contribution < -0.4 is 5.73 Å². The van der Waals surface area contributed by atoms with Gasteiger partial charge in [-0.15, -0.1) is 0 Å². The fraction of sp³-hybridized carbons (Fsp3) is 1.00. The van der Waals surface area contributed by atoms with Crippen LogP contribution in [0.4, 0.5) is 0 Å². The van der Waals surface area contributed by atoms with Gasteiger partial charge in [-0.1, -0.05) is 46.0 Å². The fourth-order valence-corrected chi connectivity index (χ4v) is 2.20. The number of hydrogen-bond acceptors (Lipinski definition) is 1. The summed E-state index contributed by atoms with van der Waals surface area (Å²) in [5.41, 5.74) is 6.15. The van der Waals surface area contributed by atoms with Crippen LogP contribution >= 0.6 is 0 Å². The minimum Gasteiger partial charge on any atom is -0.327 e. The van der Waals surface area contributed by atoms with Crippen molar-refractivity contribution in [2.45, 2.75) is 58.4 Å². The van der Waals surface area contributed by atoms with Crippen molar-refractivity contribution in [2.24, 2.45) is 17.6 Å². The summed E-state index contributed by atoms with van der Waals surface area (Å²) in [6.45, 7) is 4.52. The van der Waals surface area contributed by atoms with E-state index in [9.17, 15) is 0 Å². The summed E-state index contributed by atoms with van der Waals surface area (Å²) in [5, 5.41) is 0. The Morgan fingerprint density at radius 2 is 1.83 bits per heavy atom. The minimum absolute atomic E-state index is 0.477. The van der Waals surface area contributed by atoms with E-state index in [1.807, 2.05) is 0 Å². The standard InChI is InChI=1S/C11H23N/c1-3-10(4-2)11(12)8-9-6-5-7-9/h9-11H,3-8,12H2,1-2H3. The van der Waals surface area contributed by atoms with Crippen molar-refractivity contribution in [2.75, 3.05) is 0 Å². The summed E-state index contributed by atoms with van der Waals surface area (Å²) < 4.78 is 0. The zero-order valence-corrected chi connectivity index (χ0v) is 8.55. The quantitative estimate of drug-likeness (QED) is 0.673. The Morgan fingerprint density at radius 3 is 2.17 bits per heavy atom. The molecule has 1 heteroatoms. The van der Waals surface area contributed by atoms with E-state index >= 15 is 0 Å². The highest BCUT2D eigenvalue weighted by atomic mass is 14.7. The molecule has 0 aromatic carbocycles. The Bertz CT molecular complexity index is 114. The van der Waals surface area contributed by atoms with Gasteiger partial charge in [0.15, 0.2) is 0 Å². The lowest BCUT2D eigenvalue weighted by atomic mass is 9.77. The first-order valence-corrected chi connectivity index (χ1v) is 5.53. The van der Waals surface area contributed by atoms with Gasteiger partial charge >= 0.3 is 0 Å². The van der Waals surface area contributed by atoms with Crippen LogP contribution in [0.25, 0.3) is 0 Å². The molecule has 0 aromatic rings. The minimum atomic E-state index is 0.477. The van der Waals surface area contributed by atoms with Gasteiger partial charge in [-0.25, -0.2) is 0 Å². The van der Waals surface area contributed by atoms with Gasteiger partial charge in [-0.2, -0.15) is 0 Å². The molecule has 0 amide bonds. The molecule has 0 aliphatic heterocycles. The van der Waals surface area contributed by atoms with E-state index in [4.69, 9.17) is 5.73 Å². The zero-order valence-electron chi connectivity index (χ0n) is 8.55. The van der Waals surface area contributed by atoms with Crippen LogP contribution in [0.3, 0.4) is 0 Å². The third-order valence-corrected chi connectivity index (χ3v) is 3.48. The van der Waals surface area contributed by atoms with Gasteiger partial charge in [0.05, 0.1) is 0 Å². The highest BCUT2D eigenvalue weighted by Crippen LogP contribution is 2.32. The summed E-state index contributed by atoms with van der Waals surface area (Å²) >= 11 is 0. The summed E-state index contributed by atoms with van der Waals surface area (Å²) in [5.74, 6) is 1.74. The lowest BCUT2D eigenvalue weighted by Gasteiger charge is -2.31. The predicted octanol–water partition coefficient (Wildman–Crippen LogP) is 2.94. The van der Waals surface area contributed by atoms with E-state index in [1.54, 1.807) is 0 Å². The molecule has 1 aliphatic rings. The van der Waals surface area contributed by atoms with E-state index in [2.05, 4.69) is 13.8 Å². The molecule has 0 spiro atoms. The first-order chi connectivity index (χ1) is 5.77. The van der Waals surface area contributed by atoms with E-state index in [1.165, 1.54) is 38.5 Å². The molecule has 0 bridgehead atoms. The average molecular weight is 169 g/mol. The number of hydrogen-bond donors (Lipinski definition) is 1. The van der Waals surface area contributed by atoms with Crippen molar-refractivity contribution in [1.29, 1.82) is 0 Å². The smallest absolute Gasteiger partial charge is 0.00695 e. The Hall–Kier alpha value is -0.0400. The van der Waals surface area contributed by atoms with Crippen LogP contribution in [-0.4, -0.2) is 6.04 Å². The molecule has 1 nitrogen and oxygen atoms in total. The fourth-order valence-electron chi connectivity index (χ4n) is 2.20. The molecule has 0 saturated heterocycles. The molecule has 0 radical (unpaired) electrons. The van der Waals surface area contributed by atoms with Crippen LogP contribution in [0, 0.1) is 11.8 Å². The molecule has 1 rings (SSSR count). The number of nitrogens with two attached hydrogens (primary N) is 1. The SMILES string of the molecule is CCC(CC)C(N)CC1CCC1. The second-order valence-electron chi connectivity index (χ2n) is 4.27. The Labute approximate surface area is 76.7 Å². The van der Waals surface area contributed by atoms with E-state index in [0.717, 1.165) is 11.8 Å². The van der Waals surface area contributed by atoms with Gasteiger partial charge in [0.25, 0.3) is 0 Å². The van der Waals surface area contributed by atoms with Crippen molar-refractivity contribution in [3.05, 3.63) is 0 Å². The number of rotatable bonds is 5. The summed E-state index contributed by atoms with van der Waals surface area (Å²) in [7, 11) is 0. The van der Waals surface area contributed by atoms with Crippen molar-refractivity contribution in [3.8, 4) is 0 Å². The van der Waals surface area contributed by atoms with Gasteiger partial charge in [0.2, 0.25) is 0 Å². The van der Waals surface area contributed by atoms with Gasteiger partial charge < -0.3 is 5.73 Å². The Kier molecular flexibility index (Phi) is 4.07. The van der Waals surface area contributed by atoms with E-state index in [-0.39, 0.29) is 0 Å². The molecular formula is C11H23N. The maximum absolute atomic E-state index is 6.15. The van der Waals surface area contributed by atoms with Crippen molar-refractivity contribution < 1.29 is 0 Å².